The quantitative estimate of drug-likeness (QED) is 0.684. The lowest BCUT2D eigenvalue weighted by Crippen LogP contribution is -2.32. The summed E-state index contributed by atoms with van der Waals surface area (Å²) in [7, 11) is 1.66. The van der Waals surface area contributed by atoms with E-state index >= 15 is 0 Å². The molecule has 1 atom stereocenters. The molecule has 2 aromatic rings. The maximum Gasteiger partial charge on any atom is 0.258 e. The van der Waals surface area contributed by atoms with Crippen molar-refractivity contribution in [1.29, 1.82) is 0 Å². The number of methoxy groups -OCH3 is 1. The van der Waals surface area contributed by atoms with Crippen LogP contribution in [0.2, 0.25) is 0 Å². The number of carbonyl (C=O) groups is 1. The molecule has 26 heavy (non-hydrogen) atoms. The molecule has 2 aromatic carbocycles. The van der Waals surface area contributed by atoms with Gasteiger partial charge in [-0.2, -0.15) is 0 Å². The van der Waals surface area contributed by atoms with E-state index in [1.807, 2.05) is 52.0 Å². The minimum atomic E-state index is -0.136. The van der Waals surface area contributed by atoms with E-state index in [4.69, 9.17) is 9.47 Å². The third-order valence-electron chi connectivity index (χ3n) is 4.34. The van der Waals surface area contributed by atoms with E-state index in [2.05, 4.69) is 27.3 Å². The highest BCUT2D eigenvalue weighted by atomic mass is 79.9. The molecule has 0 radical (unpaired) electrons. The molecular weight excluding hydrogens is 394 g/mol. The van der Waals surface area contributed by atoms with E-state index in [0.717, 1.165) is 38.9 Å². The summed E-state index contributed by atoms with van der Waals surface area (Å²) in [4.78, 5) is 12.3. The number of nitrogens with one attached hydrogen (secondary N) is 1. The summed E-state index contributed by atoms with van der Waals surface area (Å²) in [5, 5.41) is 3.04. The first kappa shape index (κ1) is 20.3. The second-order valence-electron chi connectivity index (χ2n) is 6.42. The average molecular weight is 420 g/mol. The highest BCUT2D eigenvalue weighted by Crippen LogP contribution is 2.27. The Balaban J connectivity index is 2.00. The Hall–Kier alpha value is -2.01. The zero-order chi connectivity index (χ0) is 19.3. The van der Waals surface area contributed by atoms with Gasteiger partial charge in [0.05, 0.1) is 13.2 Å². The van der Waals surface area contributed by atoms with Gasteiger partial charge in [-0.1, -0.05) is 35.0 Å². The number of hydrogen-bond acceptors (Lipinski definition) is 3. The smallest absolute Gasteiger partial charge is 0.258 e. The molecule has 0 aliphatic heterocycles. The van der Waals surface area contributed by atoms with Gasteiger partial charge in [-0.15, -0.1) is 0 Å². The number of benzene rings is 2. The van der Waals surface area contributed by atoms with Gasteiger partial charge in [0, 0.05) is 4.47 Å². The Kier molecular flexibility index (Phi) is 7.09. The predicted molar refractivity (Wildman–Crippen MR) is 108 cm³/mol. The SMILES string of the molecule is CC[C@@H](NC(=O)COc1cc(C)c(Br)c(C)c1)c1ccc(OC)c(C)c1. The zero-order valence-electron chi connectivity index (χ0n) is 16.0. The Morgan fingerprint density at radius 1 is 1.12 bits per heavy atom. The van der Waals surface area contributed by atoms with Crippen molar-refractivity contribution in [2.45, 2.75) is 40.2 Å². The number of halogens is 1. The molecule has 0 spiro atoms. The fourth-order valence-electron chi connectivity index (χ4n) is 2.91. The Morgan fingerprint density at radius 2 is 1.77 bits per heavy atom. The van der Waals surface area contributed by atoms with Crippen molar-refractivity contribution in [3.63, 3.8) is 0 Å². The van der Waals surface area contributed by atoms with Gasteiger partial charge in [0.15, 0.2) is 6.61 Å². The van der Waals surface area contributed by atoms with E-state index in [-0.39, 0.29) is 18.6 Å². The molecule has 1 amide bonds. The fraction of sp³-hybridized carbons (Fsp3) is 0.381. The Labute approximate surface area is 164 Å². The van der Waals surface area contributed by atoms with E-state index in [1.54, 1.807) is 7.11 Å². The molecule has 0 aliphatic carbocycles. The van der Waals surface area contributed by atoms with Gasteiger partial charge in [-0.25, -0.2) is 0 Å². The summed E-state index contributed by atoms with van der Waals surface area (Å²) in [5.74, 6) is 1.41. The summed E-state index contributed by atoms with van der Waals surface area (Å²) in [5.41, 5.74) is 4.28. The van der Waals surface area contributed by atoms with Crippen LogP contribution in [0.3, 0.4) is 0 Å². The predicted octanol–water partition coefficient (Wildman–Crippen LogP) is 5.03. The van der Waals surface area contributed by atoms with Crippen molar-refractivity contribution in [2.75, 3.05) is 13.7 Å². The molecule has 0 bridgehead atoms. The summed E-state index contributed by atoms with van der Waals surface area (Å²) < 4.78 is 12.0. The van der Waals surface area contributed by atoms with Gasteiger partial charge in [0.2, 0.25) is 0 Å². The topological polar surface area (TPSA) is 47.6 Å². The van der Waals surface area contributed by atoms with Crippen LogP contribution in [0.5, 0.6) is 11.5 Å². The molecule has 1 N–H and O–H groups in total. The lowest BCUT2D eigenvalue weighted by atomic mass is 10.0. The Bertz CT molecular complexity index is 766. The molecule has 0 heterocycles. The second-order valence-corrected chi connectivity index (χ2v) is 7.21. The normalized spacial score (nSPS) is 11.8. The first-order valence-electron chi connectivity index (χ1n) is 8.69. The molecule has 0 unspecified atom stereocenters. The fourth-order valence-corrected chi connectivity index (χ4v) is 3.14. The van der Waals surface area contributed by atoms with Crippen molar-refractivity contribution in [3.05, 3.63) is 57.1 Å². The van der Waals surface area contributed by atoms with Crippen LogP contribution in [0.25, 0.3) is 0 Å². The zero-order valence-corrected chi connectivity index (χ0v) is 17.6. The van der Waals surface area contributed by atoms with Gasteiger partial charge in [0.1, 0.15) is 11.5 Å². The molecule has 0 saturated carbocycles. The van der Waals surface area contributed by atoms with Crippen molar-refractivity contribution in [3.8, 4) is 11.5 Å². The average Bonchev–Trinajstić information content (AvgIpc) is 2.62. The molecule has 0 fully saturated rings. The van der Waals surface area contributed by atoms with Crippen LogP contribution in [0, 0.1) is 20.8 Å². The maximum atomic E-state index is 12.3. The lowest BCUT2D eigenvalue weighted by molar-refractivity contribution is -0.123. The van der Waals surface area contributed by atoms with Gasteiger partial charge >= 0.3 is 0 Å². The van der Waals surface area contributed by atoms with Crippen LogP contribution in [0.4, 0.5) is 0 Å². The highest BCUT2D eigenvalue weighted by Gasteiger charge is 2.15. The van der Waals surface area contributed by atoms with Gasteiger partial charge in [-0.05, 0) is 67.6 Å². The van der Waals surface area contributed by atoms with Crippen molar-refractivity contribution in [2.24, 2.45) is 0 Å². The van der Waals surface area contributed by atoms with E-state index in [0.29, 0.717) is 5.75 Å². The molecule has 4 nitrogen and oxygen atoms in total. The number of amides is 1. The number of hydrogen-bond donors (Lipinski definition) is 1. The Morgan fingerprint density at radius 3 is 2.31 bits per heavy atom. The molecule has 0 aliphatic rings. The largest absolute Gasteiger partial charge is 0.496 e. The number of carbonyl (C=O) groups excluding carboxylic acids is 1. The van der Waals surface area contributed by atoms with Crippen LogP contribution in [0.1, 0.15) is 41.6 Å². The van der Waals surface area contributed by atoms with Gasteiger partial charge in [0.25, 0.3) is 5.91 Å². The van der Waals surface area contributed by atoms with Crippen LogP contribution in [-0.2, 0) is 4.79 Å². The molecule has 140 valence electrons. The van der Waals surface area contributed by atoms with Crippen molar-refractivity contribution < 1.29 is 14.3 Å². The lowest BCUT2D eigenvalue weighted by Gasteiger charge is -2.19. The highest BCUT2D eigenvalue weighted by molar-refractivity contribution is 9.10. The molecule has 0 saturated heterocycles. The van der Waals surface area contributed by atoms with Crippen LogP contribution >= 0.6 is 15.9 Å². The second kappa shape index (κ2) is 9.08. The van der Waals surface area contributed by atoms with Crippen LogP contribution in [-0.4, -0.2) is 19.6 Å². The van der Waals surface area contributed by atoms with Crippen molar-refractivity contribution in [1.82, 2.24) is 5.32 Å². The molecule has 5 heteroatoms. The molecule has 0 aromatic heterocycles. The summed E-state index contributed by atoms with van der Waals surface area (Å²) in [6, 6.07) is 9.77. The number of ether oxygens (including phenoxy) is 2. The number of rotatable bonds is 7. The summed E-state index contributed by atoms with van der Waals surface area (Å²) in [6.07, 6.45) is 0.800. The van der Waals surface area contributed by atoms with Crippen LogP contribution < -0.4 is 14.8 Å². The first-order valence-corrected chi connectivity index (χ1v) is 9.48. The van der Waals surface area contributed by atoms with Gasteiger partial charge in [-0.3, -0.25) is 4.79 Å². The first-order chi connectivity index (χ1) is 12.3. The van der Waals surface area contributed by atoms with Gasteiger partial charge < -0.3 is 14.8 Å². The third kappa shape index (κ3) is 5.01. The van der Waals surface area contributed by atoms with E-state index in [9.17, 15) is 4.79 Å². The molecule has 2 rings (SSSR count). The maximum absolute atomic E-state index is 12.3. The minimum Gasteiger partial charge on any atom is -0.496 e. The summed E-state index contributed by atoms with van der Waals surface area (Å²) in [6.45, 7) is 8.05. The van der Waals surface area contributed by atoms with E-state index in [1.165, 1.54) is 0 Å². The standard InChI is InChI=1S/C21H26BrNO3/c1-6-18(16-7-8-19(25-5)13(2)9-16)23-20(24)12-26-17-10-14(3)21(22)15(4)11-17/h7-11,18H,6,12H2,1-5H3,(H,23,24)/t18-/m1/s1. The summed E-state index contributed by atoms with van der Waals surface area (Å²) >= 11 is 3.53. The number of aryl methyl sites for hydroxylation is 3. The molecular formula is C21H26BrNO3. The monoisotopic (exact) mass is 419 g/mol. The minimum absolute atomic E-state index is 0.00779. The third-order valence-corrected chi connectivity index (χ3v) is 5.60. The van der Waals surface area contributed by atoms with Crippen molar-refractivity contribution >= 4 is 21.8 Å². The van der Waals surface area contributed by atoms with Crippen LogP contribution in [0.15, 0.2) is 34.8 Å². The van der Waals surface area contributed by atoms with E-state index < -0.39 is 0 Å².